The Morgan fingerprint density at radius 2 is 0.795 bits per heavy atom. The lowest BCUT2D eigenvalue weighted by atomic mass is 9.89. The molecule has 722 valence electrons. The van der Waals surface area contributed by atoms with Gasteiger partial charge in [-0.3, -0.25) is 47.9 Å². The number of carboxylic acids is 4. The van der Waals surface area contributed by atoms with E-state index in [1.807, 2.05) is 67.6 Å². The van der Waals surface area contributed by atoms with Gasteiger partial charge in [0.1, 0.15) is 32.5 Å². The minimum atomic E-state index is -1.10. The number of carbonyl (C=O) groups is 13. The smallest absolute Gasteiger partial charge is 0.328 e. The molecular formula is C92H176N4O25S-2. The third kappa shape index (κ3) is 102. The first-order valence-electron chi connectivity index (χ1n) is 44.9. The summed E-state index contributed by atoms with van der Waals surface area (Å²) in [7, 11) is 8.75. The molecule has 0 fully saturated rings. The van der Waals surface area contributed by atoms with E-state index in [9.17, 15) is 77.6 Å². The van der Waals surface area contributed by atoms with Crippen molar-refractivity contribution in [1.29, 1.82) is 0 Å². The number of carbonyl (C=O) groups excluding carboxylic acids is 11. The highest BCUT2D eigenvalue weighted by molar-refractivity contribution is 7.99. The van der Waals surface area contributed by atoms with E-state index in [0.29, 0.717) is 89.2 Å². The van der Waals surface area contributed by atoms with Crippen LogP contribution in [0.3, 0.4) is 0 Å². The van der Waals surface area contributed by atoms with Crippen LogP contribution in [0.25, 0.3) is 0 Å². The van der Waals surface area contributed by atoms with Gasteiger partial charge < -0.3 is 88.7 Å². The molecule has 0 aromatic rings. The highest BCUT2D eigenvalue weighted by atomic mass is 32.2. The second-order valence-electron chi connectivity index (χ2n) is 32.5. The average molecular weight is 1770 g/mol. The number of nitrogens with zero attached hydrogens (tertiary/aromatic N) is 3. The molecule has 0 aliphatic carbocycles. The highest BCUT2D eigenvalue weighted by Gasteiger charge is 2.30. The van der Waals surface area contributed by atoms with Gasteiger partial charge >= 0.3 is 47.8 Å². The Bertz CT molecular complexity index is 2650. The second-order valence-corrected chi connectivity index (χ2v) is 33.6. The van der Waals surface area contributed by atoms with E-state index >= 15 is 0 Å². The molecule has 29 nitrogen and oxygen atoms in total. The van der Waals surface area contributed by atoms with Crippen molar-refractivity contribution in [3.8, 4) is 0 Å². The van der Waals surface area contributed by atoms with Crippen LogP contribution in [-0.4, -0.2) is 231 Å². The summed E-state index contributed by atoms with van der Waals surface area (Å²) < 4.78 is 30.1. The van der Waals surface area contributed by atoms with Gasteiger partial charge in [0.15, 0.2) is 0 Å². The number of esters is 6. The number of aliphatic carboxylic acids is 4. The first-order valence-corrected chi connectivity index (χ1v) is 46.1. The largest absolute Gasteiger partial charge is 0.550 e. The van der Waals surface area contributed by atoms with Crippen molar-refractivity contribution in [3.63, 3.8) is 0 Å². The van der Waals surface area contributed by atoms with Crippen molar-refractivity contribution >= 4 is 89.2 Å². The van der Waals surface area contributed by atoms with E-state index in [1.54, 1.807) is 53.5 Å². The zero-order valence-electron chi connectivity index (χ0n) is 80.8. The van der Waals surface area contributed by atoms with E-state index in [1.165, 1.54) is 101 Å². The fourth-order valence-electron chi connectivity index (χ4n) is 8.85. The topological polar surface area (TPSA) is 426 Å². The summed E-state index contributed by atoms with van der Waals surface area (Å²) in [5.41, 5.74) is -2.04. The Hall–Kier alpha value is -6.92. The summed E-state index contributed by atoms with van der Waals surface area (Å²) in [6.07, 6.45) is 33.2. The lowest BCUT2D eigenvalue weighted by Gasteiger charge is -2.21. The van der Waals surface area contributed by atoms with Gasteiger partial charge in [0, 0.05) is 101 Å². The molecule has 0 radical (unpaired) electrons. The molecule has 0 aliphatic rings. The number of likely N-dealkylation sites (N-methyl/N-ethyl adjacent to an activating group) is 2. The standard InChI is InChI=1S/C18H35NO3.C18H32O7S.C14H26O4.C10H21NO2.C8H15NO3.C8H13NO3.C6H12O3.2C5H12/c1-4-6-7-8-11-14-18(21)22-16-12-9-10-13-17(20)19(3)15-5-2;1-7-17(2,3)16(22)25-11-13(19)10-24-14(20)8-9-26-12-18(4,5)15(21)23-6;1-2-3-4-5-8-11-14(17)18-12-9-6-7-10-13(15)16;1-6-10(2,3)9(12)13-8-7-11(4)5;1-4-8(2,3)7(12)9-5-6(10)11;1-3-6-9(2)7(10)4-5-8(11)12;7-5-3-1-2-4-6(8)9;2*1-3-5-4-2/h4-16H2,1-3H3;13,19H,7-12H2,1-6H3;2-12H2,1H3,(H,15,16);6-8H2,1-5H3;4-5H2,1-3H3,(H,9,12)(H,10,11);4-5H,3,6H2,1-2H3,(H,11,12);7H,1-5H2,(H,8,9);2*3-5H2,1-2H3/p-2. The van der Waals surface area contributed by atoms with Crippen LogP contribution in [0, 0.1) is 21.7 Å². The predicted molar refractivity (Wildman–Crippen MR) is 482 cm³/mol. The zero-order valence-corrected chi connectivity index (χ0v) is 81.6. The van der Waals surface area contributed by atoms with E-state index in [0.717, 1.165) is 109 Å². The molecule has 0 aromatic heterocycles. The first kappa shape index (κ1) is 133. The third-order valence-corrected chi connectivity index (χ3v) is 19.8. The molecule has 0 rings (SSSR count). The number of carboxylic acid groups (broad SMARTS) is 4. The number of aliphatic hydroxyl groups is 2. The van der Waals surface area contributed by atoms with Crippen LogP contribution in [0.1, 0.15) is 363 Å². The van der Waals surface area contributed by atoms with Crippen LogP contribution >= 0.6 is 11.8 Å². The van der Waals surface area contributed by atoms with Crippen LogP contribution in [0.5, 0.6) is 0 Å². The third-order valence-electron chi connectivity index (χ3n) is 18.3. The van der Waals surface area contributed by atoms with Gasteiger partial charge in [-0.05, 0) is 165 Å². The normalized spacial score (nSPS) is 10.9. The maximum absolute atomic E-state index is 11.8. The number of nitrogens with one attached hydrogen (secondary N) is 1. The van der Waals surface area contributed by atoms with E-state index in [4.69, 9.17) is 43.7 Å². The van der Waals surface area contributed by atoms with Crippen molar-refractivity contribution in [2.45, 2.75) is 369 Å². The van der Waals surface area contributed by atoms with Crippen molar-refractivity contribution in [2.75, 3.05) is 113 Å². The lowest BCUT2D eigenvalue weighted by Crippen LogP contribution is -2.39. The molecule has 0 bridgehead atoms. The summed E-state index contributed by atoms with van der Waals surface area (Å²) in [5.74, 6) is -4.85. The van der Waals surface area contributed by atoms with Gasteiger partial charge in [-0.1, -0.05) is 186 Å². The Labute approximate surface area is 742 Å². The summed E-state index contributed by atoms with van der Waals surface area (Å²) in [4.78, 5) is 148. The molecule has 30 heteroatoms. The predicted octanol–water partition coefficient (Wildman–Crippen LogP) is 15.0. The number of ether oxygens (including phenoxy) is 6. The quantitative estimate of drug-likeness (QED) is 0.0163. The molecule has 0 saturated heterocycles. The molecule has 1 atom stereocenters. The number of unbranched alkanes of at least 4 members (excludes halogenated alkanes) is 18. The Morgan fingerprint density at radius 3 is 1.17 bits per heavy atom. The molecule has 0 heterocycles. The van der Waals surface area contributed by atoms with Gasteiger partial charge in [-0.25, -0.2) is 4.79 Å². The lowest BCUT2D eigenvalue weighted by molar-refractivity contribution is -0.307. The fourth-order valence-corrected chi connectivity index (χ4v) is 9.94. The Morgan fingerprint density at radius 1 is 0.410 bits per heavy atom. The van der Waals surface area contributed by atoms with Crippen LogP contribution < -0.4 is 15.5 Å². The SMILES string of the molecule is CCC(C)(C)C(=O)NCC(=O)O.CCC(C)(C)C(=O)OCC(O)COC(=O)CCSCC(C)(C)C(=O)OC.CCC(C)(C)C(=O)OCCN(C)C.CCCCC.CCCCC.CCCCCCCC(=O)OCCCCCC(=O)N(C)CCC.CCCCCCCC(=O)OCCCCCC(=O)[O-].CCCN(C)C(=O)C=CC(=O)O.O=C([O-])CCCCCO. The summed E-state index contributed by atoms with van der Waals surface area (Å²) in [6, 6.07) is 0. The summed E-state index contributed by atoms with van der Waals surface area (Å²) in [6.45, 7) is 40.5. The van der Waals surface area contributed by atoms with Gasteiger partial charge in [-0.2, -0.15) is 11.8 Å². The molecular weight excluding hydrogens is 1590 g/mol. The Balaban J connectivity index is -0.000000175. The number of amides is 3. The minimum absolute atomic E-state index is 0.0738. The van der Waals surface area contributed by atoms with E-state index < -0.39 is 58.2 Å². The van der Waals surface area contributed by atoms with Crippen molar-refractivity contribution in [2.24, 2.45) is 21.7 Å². The Kier molecular flexibility index (Phi) is 100. The molecule has 0 saturated carbocycles. The highest BCUT2D eigenvalue weighted by Crippen LogP contribution is 2.25. The molecule has 3 amide bonds. The van der Waals surface area contributed by atoms with Crippen LogP contribution in [-0.2, 0) is 90.8 Å². The van der Waals surface area contributed by atoms with E-state index in [-0.39, 0.29) is 92.6 Å². The maximum atomic E-state index is 11.8. The van der Waals surface area contributed by atoms with Crippen molar-refractivity contribution < 1.29 is 121 Å². The number of hydrogen-bond acceptors (Lipinski definition) is 25. The van der Waals surface area contributed by atoms with E-state index in [2.05, 4.69) is 53.8 Å². The number of rotatable bonds is 60. The second kappa shape index (κ2) is 91.8. The first-order chi connectivity index (χ1) is 57.2. The molecule has 5 N–H and O–H groups in total. The summed E-state index contributed by atoms with van der Waals surface area (Å²) in [5, 5.41) is 56.8. The molecule has 0 aliphatic heterocycles. The summed E-state index contributed by atoms with van der Waals surface area (Å²) >= 11 is 1.45. The van der Waals surface area contributed by atoms with Crippen molar-refractivity contribution in [3.05, 3.63) is 12.2 Å². The number of thioether (sulfide) groups is 1. The average Bonchev–Trinajstić information content (AvgIpc) is 0.944. The zero-order chi connectivity index (χ0) is 95.8. The van der Waals surface area contributed by atoms with Gasteiger partial charge in [0.05, 0.1) is 43.0 Å². The molecule has 0 aromatic carbocycles. The fraction of sp³-hybridized carbons (Fsp3) is 0.837. The van der Waals surface area contributed by atoms with Crippen LogP contribution in [0.2, 0.25) is 0 Å². The van der Waals surface area contributed by atoms with Gasteiger partial charge in [0.2, 0.25) is 17.7 Å². The maximum Gasteiger partial charge on any atom is 0.328 e. The number of hydrogen-bond donors (Lipinski definition) is 5. The minimum Gasteiger partial charge on any atom is -0.550 e. The number of aliphatic hydroxyl groups excluding tert-OH is 2. The molecule has 122 heavy (non-hydrogen) atoms. The van der Waals surface area contributed by atoms with Crippen LogP contribution in [0.15, 0.2) is 12.2 Å². The van der Waals surface area contributed by atoms with Crippen LogP contribution in [0.4, 0.5) is 0 Å². The van der Waals surface area contributed by atoms with Gasteiger partial charge in [-0.15, -0.1) is 0 Å². The molecule has 0 spiro atoms. The number of methoxy groups -OCH3 is 1. The monoisotopic (exact) mass is 1770 g/mol. The molecule has 1 unspecified atom stereocenters. The van der Waals surface area contributed by atoms with Gasteiger partial charge in [0.25, 0.3) is 0 Å². The van der Waals surface area contributed by atoms with Crippen molar-refractivity contribution in [1.82, 2.24) is 20.0 Å².